The Bertz CT molecular complexity index is 799. The van der Waals surface area contributed by atoms with E-state index in [4.69, 9.17) is 16.3 Å². The molecule has 1 atom stereocenters. The summed E-state index contributed by atoms with van der Waals surface area (Å²) in [6.07, 6.45) is 0. The van der Waals surface area contributed by atoms with Gasteiger partial charge in [-0.15, -0.1) is 0 Å². The predicted octanol–water partition coefficient (Wildman–Crippen LogP) is 3.70. The molecular formula is C18H15ClN2O3. The van der Waals surface area contributed by atoms with Crippen LogP contribution in [-0.4, -0.2) is 18.3 Å². The van der Waals surface area contributed by atoms with Crippen LogP contribution in [0.5, 0.6) is 5.75 Å². The van der Waals surface area contributed by atoms with Gasteiger partial charge in [-0.05, 0) is 31.2 Å². The molecule has 0 aromatic heterocycles. The van der Waals surface area contributed by atoms with Crippen molar-refractivity contribution in [3.63, 3.8) is 0 Å². The van der Waals surface area contributed by atoms with Crippen LogP contribution < -0.4 is 10.1 Å². The third-order valence-electron chi connectivity index (χ3n) is 3.21. The van der Waals surface area contributed by atoms with E-state index in [2.05, 4.69) is 5.32 Å². The number of hydrogen-bond donors (Lipinski definition) is 1. The number of carbonyl (C=O) groups is 2. The van der Waals surface area contributed by atoms with Crippen LogP contribution in [0.4, 0.5) is 5.69 Å². The molecule has 0 aliphatic rings. The van der Waals surface area contributed by atoms with Crippen molar-refractivity contribution in [2.24, 2.45) is 5.92 Å². The number of Topliss-reactive ketones (excluding diaryl/α,β-unsaturated/α-hetero) is 1. The highest BCUT2D eigenvalue weighted by Gasteiger charge is 2.28. The first-order chi connectivity index (χ1) is 11.6. The average molecular weight is 343 g/mol. The van der Waals surface area contributed by atoms with Crippen LogP contribution >= 0.6 is 11.6 Å². The summed E-state index contributed by atoms with van der Waals surface area (Å²) in [4.78, 5) is 24.8. The summed E-state index contributed by atoms with van der Waals surface area (Å²) >= 11 is 5.85. The van der Waals surface area contributed by atoms with Gasteiger partial charge in [0.25, 0.3) is 0 Å². The van der Waals surface area contributed by atoms with Gasteiger partial charge in [0.15, 0.2) is 11.7 Å². The highest BCUT2D eigenvalue weighted by Crippen LogP contribution is 2.25. The van der Waals surface area contributed by atoms with E-state index in [1.165, 1.54) is 12.1 Å². The Morgan fingerprint density at radius 1 is 1.25 bits per heavy atom. The van der Waals surface area contributed by atoms with Gasteiger partial charge in [0.1, 0.15) is 5.75 Å². The molecule has 122 valence electrons. The van der Waals surface area contributed by atoms with Crippen molar-refractivity contribution < 1.29 is 14.3 Å². The second kappa shape index (κ2) is 8.14. The fourth-order valence-corrected chi connectivity index (χ4v) is 2.29. The highest BCUT2D eigenvalue weighted by atomic mass is 35.5. The molecule has 1 amide bonds. The normalized spacial score (nSPS) is 11.2. The number of hydrogen-bond acceptors (Lipinski definition) is 4. The van der Waals surface area contributed by atoms with Crippen LogP contribution in [0.15, 0.2) is 48.5 Å². The third-order valence-corrected chi connectivity index (χ3v) is 3.44. The van der Waals surface area contributed by atoms with Crippen LogP contribution in [0.2, 0.25) is 5.02 Å². The van der Waals surface area contributed by atoms with E-state index in [1.807, 2.05) is 6.92 Å². The second-order valence-corrected chi connectivity index (χ2v) is 5.29. The first-order valence-corrected chi connectivity index (χ1v) is 7.66. The summed E-state index contributed by atoms with van der Waals surface area (Å²) < 4.78 is 5.41. The lowest BCUT2D eigenvalue weighted by molar-refractivity contribution is -0.117. The van der Waals surface area contributed by atoms with E-state index in [0.717, 1.165) is 0 Å². The summed E-state index contributed by atoms with van der Waals surface area (Å²) in [5.41, 5.74) is 0.616. The Balaban J connectivity index is 2.21. The number of nitrogens with zero attached hydrogens (tertiary/aromatic N) is 1. The maximum absolute atomic E-state index is 12.4. The SMILES string of the molecule is CCOc1ccccc1NC(=O)C(C#N)C(=O)c1cccc(Cl)c1. The number of para-hydroxylation sites is 2. The smallest absolute Gasteiger partial charge is 0.249 e. The van der Waals surface area contributed by atoms with Gasteiger partial charge < -0.3 is 10.1 Å². The lowest BCUT2D eigenvalue weighted by Crippen LogP contribution is -2.28. The second-order valence-electron chi connectivity index (χ2n) is 4.86. The van der Waals surface area contributed by atoms with Gasteiger partial charge in [-0.2, -0.15) is 5.26 Å². The quantitative estimate of drug-likeness (QED) is 0.641. The fourth-order valence-electron chi connectivity index (χ4n) is 2.10. The highest BCUT2D eigenvalue weighted by molar-refractivity contribution is 6.31. The molecule has 0 saturated heterocycles. The molecule has 0 spiro atoms. The predicted molar refractivity (Wildman–Crippen MR) is 91.1 cm³/mol. The van der Waals surface area contributed by atoms with E-state index in [-0.39, 0.29) is 5.56 Å². The standard InChI is InChI=1S/C18H15ClN2O3/c1-2-24-16-9-4-3-8-15(16)21-18(23)14(11-20)17(22)12-6-5-7-13(19)10-12/h3-10,14H,2H2,1H3,(H,21,23). The van der Waals surface area contributed by atoms with Crippen LogP contribution in [0, 0.1) is 17.2 Å². The van der Waals surface area contributed by atoms with Gasteiger partial charge in [0, 0.05) is 10.6 Å². The summed E-state index contributed by atoms with van der Waals surface area (Å²) in [6.45, 7) is 2.25. The van der Waals surface area contributed by atoms with Crippen LogP contribution in [-0.2, 0) is 4.79 Å². The minimum absolute atomic E-state index is 0.210. The summed E-state index contributed by atoms with van der Waals surface area (Å²) in [7, 11) is 0. The minimum Gasteiger partial charge on any atom is -0.492 e. The molecule has 0 fully saturated rings. The molecule has 0 aliphatic heterocycles. The number of ether oxygens (including phenoxy) is 1. The number of benzene rings is 2. The number of carbonyl (C=O) groups excluding carboxylic acids is 2. The molecule has 0 bridgehead atoms. The van der Waals surface area contributed by atoms with Crippen molar-refractivity contribution >= 4 is 29.0 Å². The molecule has 0 saturated carbocycles. The Morgan fingerprint density at radius 3 is 2.67 bits per heavy atom. The zero-order chi connectivity index (χ0) is 17.5. The number of nitriles is 1. The van der Waals surface area contributed by atoms with E-state index in [1.54, 1.807) is 42.5 Å². The van der Waals surface area contributed by atoms with E-state index in [0.29, 0.717) is 23.1 Å². The third kappa shape index (κ3) is 4.12. The van der Waals surface area contributed by atoms with Crippen molar-refractivity contribution in [3.8, 4) is 11.8 Å². The van der Waals surface area contributed by atoms with Gasteiger partial charge in [0.05, 0.1) is 18.4 Å². The van der Waals surface area contributed by atoms with Crippen LogP contribution in [0.1, 0.15) is 17.3 Å². The zero-order valence-corrected chi connectivity index (χ0v) is 13.7. The van der Waals surface area contributed by atoms with E-state index in [9.17, 15) is 14.9 Å². The van der Waals surface area contributed by atoms with Gasteiger partial charge in [-0.3, -0.25) is 9.59 Å². The van der Waals surface area contributed by atoms with Crippen molar-refractivity contribution in [2.75, 3.05) is 11.9 Å². The van der Waals surface area contributed by atoms with Gasteiger partial charge in [0.2, 0.25) is 5.91 Å². The Kier molecular flexibility index (Phi) is 5.94. The first-order valence-electron chi connectivity index (χ1n) is 7.29. The molecule has 1 unspecified atom stereocenters. The van der Waals surface area contributed by atoms with Crippen molar-refractivity contribution in [1.82, 2.24) is 0 Å². The first kappa shape index (κ1) is 17.5. The molecule has 5 nitrogen and oxygen atoms in total. The van der Waals surface area contributed by atoms with Gasteiger partial charge in [-0.25, -0.2) is 0 Å². The van der Waals surface area contributed by atoms with Gasteiger partial charge >= 0.3 is 0 Å². The van der Waals surface area contributed by atoms with Crippen molar-refractivity contribution in [2.45, 2.75) is 6.92 Å². The molecule has 1 N–H and O–H groups in total. The van der Waals surface area contributed by atoms with Crippen molar-refractivity contribution in [1.29, 1.82) is 5.26 Å². The lowest BCUT2D eigenvalue weighted by Gasteiger charge is -2.13. The minimum atomic E-state index is -1.47. The topological polar surface area (TPSA) is 79.2 Å². The molecular weight excluding hydrogens is 328 g/mol. The molecule has 24 heavy (non-hydrogen) atoms. The molecule has 6 heteroatoms. The maximum atomic E-state index is 12.4. The largest absolute Gasteiger partial charge is 0.492 e. The van der Waals surface area contributed by atoms with Crippen molar-refractivity contribution in [3.05, 3.63) is 59.1 Å². The van der Waals surface area contributed by atoms with E-state index < -0.39 is 17.6 Å². The Morgan fingerprint density at radius 2 is 2.00 bits per heavy atom. The van der Waals surface area contributed by atoms with Crippen LogP contribution in [0.25, 0.3) is 0 Å². The fraction of sp³-hybridized carbons (Fsp3) is 0.167. The van der Waals surface area contributed by atoms with E-state index >= 15 is 0 Å². The Labute approximate surface area is 144 Å². The Hall–Kier alpha value is -2.84. The average Bonchev–Trinajstić information content (AvgIpc) is 2.57. The molecule has 2 aromatic carbocycles. The molecule has 0 heterocycles. The van der Waals surface area contributed by atoms with Gasteiger partial charge in [-0.1, -0.05) is 35.9 Å². The lowest BCUT2D eigenvalue weighted by atomic mass is 9.98. The number of ketones is 1. The number of halogens is 1. The summed E-state index contributed by atoms with van der Waals surface area (Å²) in [5.74, 6) is -2.32. The molecule has 2 aromatic rings. The summed E-state index contributed by atoms with van der Waals surface area (Å²) in [5, 5.41) is 12.2. The zero-order valence-electron chi connectivity index (χ0n) is 13.0. The summed E-state index contributed by atoms with van der Waals surface area (Å²) in [6, 6.07) is 14.7. The number of anilines is 1. The molecule has 0 aliphatic carbocycles. The van der Waals surface area contributed by atoms with Crippen LogP contribution in [0.3, 0.4) is 0 Å². The number of rotatable bonds is 6. The molecule has 2 rings (SSSR count). The number of nitrogens with one attached hydrogen (secondary N) is 1. The number of amides is 1. The molecule has 0 radical (unpaired) electrons. The maximum Gasteiger partial charge on any atom is 0.249 e. The monoisotopic (exact) mass is 342 g/mol.